The van der Waals surface area contributed by atoms with E-state index in [0.29, 0.717) is 27.4 Å². The third-order valence-electron chi connectivity index (χ3n) is 3.14. The summed E-state index contributed by atoms with van der Waals surface area (Å²) in [6.45, 7) is 1.49. The van der Waals surface area contributed by atoms with Crippen molar-refractivity contribution in [3.63, 3.8) is 0 Å². The average Bonchev–Trinajstić information content (AvgIpc) is 2.76. The van der Waals surface area contributed by atoms with Gasteiger partial charge in [-0.15, -0.1) is 0 Å². The highest BCUT2D eigenvalue weighted by Gasteiger charge is 2.13. The number of ketones is 1. The Morgan fingerprint density at radius 1 is 1.20 bits per heavy atom. The lowest BCUT2D eigenvalue weighted by Gasteiger charge is -2.01. The van der Waals surface area contributed by atoms with Crippen LogP contribution in [0.4, 0.5) is 0 Å². The summed E-state index contributed by atoms with van der Waals surface area (Å²) in [5.74, 6) is 0.360. The molecule has 3 rings (SSSR count). The van der Waals surface area contributed by atoms with Crippen LogP contribution in [-0.2, 0) is 0 Å². The Kier molecular flexibility index (Phi) is 2.95. The minimum atomic E-state index is -0.0545. The molecule has 0 saturated heterocycles. The summed E-state index contributed by atoms with van der Waals surface area (Å²) in [6, 6.07) is 12.1. The first-order chi connectivity index (χ1) is 9.56. The quantitative estimate of drug-likeness (QED) is 0.576. The van der Waals surface area contributed by atoms with Gasteiger partial charge in [-0.2, -0.15) is 4.73 Å². The molecule has 0 atom stereocenters. The summed E-state index contributed by atoms with van der Waals surface area (Å²) in [4.78, 5) is 15.8. The predicted molar refractivity (Wildman–Crippen MR) is 77.4 cm³/mol. The molecule has 0 spiro atoms. The van der Waals surface area contributed by atoms with Gasteiger partial charge in [-0.25, -0.2) is 4.98 Å². The lowest BCUT2D eigenvalue weighted by atomic mass is 10.1. The van der Waals surface area contributed by atoms with Crippen molar-refractivity contribution in [2.45, 2.75) is 6.92 Å². The highest BCUT2D eigenvalue weighted by molar-refractivity contribution is 6.30. The van der Waals surface area contributed by atoms with E-state index in [1.807, 2.05) is 0 Å². The zero-order valence-electron chi connectivity index (χ0n) is 10.7. The van der Waals surface area contributed by atoms with Crippen molar-refractivity contribution in [3.05, 3.63) is 53.1 Å². The zero-order valence-corrected chi connectivity index (χ0v) is 11.4. The van der Waals surface area contributed by atoms with Crippen LogP contribution in [0, 0.1) is 0 Å². The molecular weight excluding hydrogens is 276 g/mol. The van der Waals surface area contributed by atoms with Crippen molar-refractivity contribution < 1.29 is 10.0 Å². The summed E-state index contributed by atoms with van der Waals surface area (Å²) < 4.78 is 0.991. The molecule has 0 saturated carbocycles. The number of imidazole rings is 1. The van der Waals surface area contributed by atoms with Crippen molar-refractivity contribution in [1.29, 1.82) is 0 Å². The molecule has 3 aromatic rings. The van der Waals surface area contributed by atoms with E-state index in [1.54, 1.807) is 42.5 Å². The Labute approximate surface area is 120 Å². The molecule has 5 heteroatoms. The van der Waals surface area contributed by atoms with E-state index in [2.05, 4.69) is 4.98 Å². The van der Waals surface area contributed by atoms with Crippen LogP contribution in [0.5, 0.6) is 0 Å². The summed E-state index contributed by atoms with van der Waals surface area (Å²) in [7, 11) is 0. The normalized spacial score (nSPS) is 10.9. The van der Waals surface area contributed by atoms with E-state index in [1.165, 1.54) is 6.92 Å². The van der Waals surface area contributed by atoms with E-state index in [9.17, 15) is 10.0 Å². The van der Waals surface area contributed by atoms with Crippen LogP contribution in [0.25, 0.3) is 22.4 Å². The lowest BCUT2D eigenvalue weighted by Crippen LogP contribution is -1.96. The molecule has 0 fully saturated rings. The van der Waals surface area contributed by atoms with E-state index in [0.717, 1.165) is 10.3 Å². The molecule has 0 bridgehead atoms. The second-order valence-corrected chi connectivity index (χ2v) is 4.95. The molecule has 20 heavy (non-hydrogen) atoms. The van der Waals surface area contributed by atoms with Crippen LogP contribution in [0.2, 0.25) is 5.02 Å². The maximum Gasteiger partial charge on any atom is 0.176 e. The minimum Gasteiger partial charge on any atom is -0.426 e. The molecule has 100 valence electrons. The Balaban J connectivity index is 2.20. The fourth-order valence-electron chi connectivity index (χ4n) is 2.07. The minimum absolute atomic E-state index is 0.0545. The second kappa shape index (κ2) is 4.65. The van der Waals surface area contributed by atoms with Crippen LogP contribution in [0.15, 0.2) is 42.5 Å². The van der Waals surface area contributed by atoms with Crippen molar-refractivity contribution in [2.24, 2.45) is 0 Å². The standard InChI is InChI=1S/C15H11ClN2O2/c1-9(19)11-4-7-13-14(8-11)18(20)15(17-13)10-2-5-12(16)6-3-10/h2-8,20H,1H3. The SMILES string of the molecule is CC(=O)c1ccc2nc(-c3ccc(Cl)cc3)n(O)c2c1. The Hall–Kier alpha value is -2.33. The van der Waals surface area contributed by atoms with Gasteiger partial charge in [0.1, 0.15) is 5.52 Å². The maximum atomic E-state index is 11.4. The molecule has 0 unspecified atom stereocenters. The van der Waals surface area contributed by atoms with Crippen LogP contribution in [0.1, 0.15) is 17.3 Å². The molecule has 0 aliphatic rings. The van der Waals surface area contributed by atoms with Gasteiger partial charge in [-0.1, -0.05) is 11.6 Å². The van der Waals surface area contributed by atoms with Gasteiger partial charge in [0.15, 0.2) is 11.6 Å². The number of carbonyl (C=O) groups excluding carboxylic acids is 1. The number of halogens is 1. The molecule has 0 aliphatic heterocycles. The Morgan fingerprint density at radius 2 is 1.90 bits per heavy atom. The number of hydrogen-bond donors (Lipinski definition) is 1. The van der Waals surface area contributed by atoms with E-state index >= 15 is 0 Å². The number of Topliss-reactive ketones (excluding diaryl/α,β-unsaturated/α-hetero) is 1. The van der Waals surface area contributed by atoms with E-state index in [4.69, 9.17) is 11.6 Å². The second-order valence-electron chi connectivity index (χ2n) is 4.51. The first-order valence-corrected chi connectivity index (χ1v) is 6.42. The Morgan fingerprint density at radius 3 is 2.55 bits per heavy atom. The smallest absolute Gasteiger partial charge is 0.176 e. The summed E-state index contributed by atoms with van der Waals surface area (Å²) in [6.07, 6.45) is 0. The third-order valence-corrected chi connectivity index (χ3v) is 3.39. The van der Waals surface area contributed by atoms with Crippen molar-refractivity contribution >= 4 is 28.4 Å². The molecule has 1 N–H and O–H groups in total. The van der Waals surface area contributed by atoms with Gasteiger partial charge in [-0.3, -0.25) is 4.79 Å². The number of aromatic nitrogens is 2. The fourth-order valence-corrected chi connectivity index (χ4v) is 2.19. The number of hydrogen-bond acceptors (Lipinski definition) is 3. The number of carbonyl (C=O) groups is 1. The van der Waals surface area contributed by atoms with E-state index < -0.39 is 0 Å². The van der Waals surface area contributed by atoms with Crippen LogP contribution >= 0.6 is 11.6 Å². The van der Waals surface area contributed by atoms with Crippen LogP contribution in [0.3, 0.4) is 0 Å². The van der Waals surface area contributed by atoms with Crippen molar-refractivity contribution in [2.75, 3.05) is 0 Å². The number of benzene rings is 2. The first-order valence-electron chi connectivity index (χ1n) is 6.05. The lowest BCUT2D eigenvalue weighted by molar-refractivity contribution is 0.101. The highest BCUT2D eigenvalue weighted by Crippen LogP contribution is 2.25. The van der Waals surface area contributed by atoms with Crippen molar-refractivity contribution in [3.8, 4) is 11.4 Å². The number of rotatable bonds is 2. The summed E-state index contributed by atoms with van der Waals surface area (Å²) in [5, 5.41) is 10.8. The van der Waals surface area contributed by atoms with Crippen LogP contribution in [-0.4, -0.2) is 20.7 Å². The Bertz CT molecular complexity index is 807. The number of nitrogens with zero attached hydrogens (tertiary/aromatic N) is 2. The first kappa shape index (κ1) is 12.7. The maximum absolute atomic E-state index is 11.4. The fraction of sp³-hybridized carbons (Fsp3) is 0.0667. The number of fused-ring (bicyclic) bond motifs is 1. The molecule has 0 aliphatic carbocycles. The molecule has 0 radical (unpaired) electrons. The molecule has 4 nitrogen and oxygen atoms in total. The molecule has 1 aromatic heterocycles. The van der Waals surface area contributed by atoms with Gasteiger partial charge in [-0.05, 0) is 49.4 Å². The highest BCUT2D eigenvalue weighted by atomic mass is 35.5. The monoisotopic (exact) mass is 286 g/mol. The molecule has 1 heterocycles. The van der Waals surface area contributed by atoms with Gasteiger partial charge in [0, 0.05) is 16.1 Å². The van der Waals surface area contributed by atoms with Gasteiger partial charge < -0.3 is 5.21 Å². The van der Waals surface area contributed by atoms with E-state index in [-0.39, 0.29) is 5.78 Å². The summed E-state index contributed by atoms with van der Waals surface area (Å²) >= 11 is 5.85. The average molecular weight is 287 g/mol. The van der Waals surface area contributed by atoms with Gasteiger partial charge >= 0.3 is 0 Å². The molecule has 2 aromatic carbocycles. The van der Waals surface area contributed by atoms with Gasteiger partial charge in [0.2, 0.25) is 0 Å². The van der Waals surface area contributed by atoms with Gasteiger partial charge in [0.25, 0.3) is 0 Å². The van der Waals surface area contributed by atoms with Gasteiger partial charge in [0.05, 0.1) is 5.52 Å². The predicted octanol–water partition coefficient (Wildman–Crippen LogP) is 3.80. The molecular formula is C15H11ClN2O2. The molecule has 0 amide bonds. The van der Waals surface area contributed by atoms with Crippen molar-refractivity contribution in [1.82, 2.24) is 9.71 Å². The summed E-state index contributed by atoms with van der Waals surface area (Å²) in [5.41, 5.74) is 2.41. The zero-order chi connectivity index (χ0) is 14.3. The topological polar surface area (TPSA) is 55.1 Å². The largest absolute Gasteiger partial charge is 0.426 e. The van der Waals surface area contributed by atoms with Crippen LogP contribution < -0.4 is 0 Å². The third kappa shape index (κ3) is 2.04.